The minimum Gasteiger partial charge on any atom is -0.497 e. The number of hydrogen-bond donors (Lipinski definition) is 0. The van der Waals surface area contributed by atoms with E-state index in [0.717, 1.165) is 30.6 Å². The third-order valence-electron chi connectivity index (χ3n) is 4.24. The molecule has 0 saturated heterocycles. The van der Waals surface area contributed by atoms with Gasteiger partial charge in [0.2, 0.25) is 0 Å². The van der Waals surface area contributed by atoms with Gasteiger partial charge in [-0.25, -0.2) is 4.39 Å². The second-order valence-corrected chi connectivity index (χ2v) is 5.54. The molecule has 2 aromatic rings. The molecular weight excluding hydrogens is 251 g/mol. The minimum atomic E-state index is -0.0509. The fraction of sp³-hybridized carbons (Fsp3) is 0.333. The summed E-state index contributed by atoms with van der Waals surface area (Å²) in [5.41, 5.74) is 6.89. The molecular formula is C18H19FO. The molecule has 3 rings (SSSR count). The first-order chi connectivity index (χ1) is 9.61. The Morgan fingerprint density at radius 1 is 1.00 bits per heavy atom. The smallest absolute Gasteiger partial charge is 0.126 e. The van der Waals surface area contributed by atoms with Gasteiger partial charge in [0.05, 0.1) is 7.11 Å². The van der Waals surface area contributed by atoms with Crippen molar-refractivity contribution >= 4 is 0 Å². The highest BCUT2D eigenvalue weighted by Crippen LogP contribution is 2.38. The topological polar surface area (TPSA) is 9.23 Å². The number of fused-ring (bicyclic) bond motifs is 1. The largest absolute Gasteiger partial charge is 0.497 e. The zero-order valence-corrected chi connectivity index (χ0v) is 12.2. The van der Waals surface area contributed by atoms with Gasteiger partial charge in [-0.3, -0.25) is 0 Å². The zero-order valence-electron chi connectivity index (χ0n) is 12.2. The number of aryl methyl sites for hydroxylation is 2. The molecule has 0 fully saturated rings. The molecule has 0 radical (unpaired) electrons. The fourth-order valence-electron chi connectivity index (χ4n) is 3.36. The fourth-order valence-corrected chi connectivity index (χ4v) is 3.36. The van der Waals surface area contributed by atoms with E-state index in [4.69, 9.17) is 4.74 Å². The van der Waals surface area contributed by atoms with E-state index in [9.17, 15) is 4.39 Å². The SMILES string of the molecule is COc1cc(C)c(-c2ccc(F)c3c2CCC3)c(C)c1. The molecule has 0 N–H and O–H groups in total. The van der Waals surface area contributed by atoms with E-state index in [2.05, 4.69) is 13.8 Å². The van der Waals surface area contributed by atoms with Crippen LogP contribution in [-0.2, 0) is 12.8 Å². The van der Waals surface area contributed by atoms with Crippen molar-refractivity contribution < 1.29 is 9.13 Å². The van der Waals surface area contributed by atoms with E-state index in [1.165, 1.54) is 27.8 Å². The Balaban J connectivity index is 2.23. The number of hydrogen-bond acceptors (Lipinski definition) is 1. The van der Waals surface area contributed by atoms with Crippen LogP contribution in [0.2, 0.25) is 0 Å². The first-order valence-corrected chi connectivity index (χ1v) is 7.07. The van der Waals surface area contributed by atoms with Gasteiger partial charge in [0.25, 0.3) is 0 Å². The van der Waals surface area contributed by atoms with Crippen molar-refractivity contribution in [1.29, 1.82) is 0 Å². The lowest BCUT2D eigenvalue weighted by Gasteiger charge is -2.16. The molecule has 0 saturated carbocycles. The summed E-state index contributed by atoms with van der Waals surface area (Å²) in [6, 6.07) is 7.64. The van der Waals surface area contributed by atoms with Gasteiger partial charge in [-0.1, -0.05) is 6.07 Å². The third kappa shape index (κ3) is 2.00. The molecule has 1 aliphatic carbocycles. The molecule has 0 heterocycles. The number of ether oxygens (including phenoxy) is 1. The summed E-state index contributed by atoms with van der Waals surface area (Å²) in [5.74, 6) is 0.826. The van der Waals surface area contributed by atoms with Crippen LogP contribution in [0.15, 0.2) is 24.3 Å². The van der Waals surface area contributed by atoms with E-state index in [0.29, 0.717) is 0 Å². The maximum Gasteiger partial charge on any atom is 0.126 e. The Hall–Kier alpha value is -1.83. The van der Waals surface area contributed by atoms with E-state index >= 15 is 0 Å². The maximum absolute atomic E-state index is 13.9. The maximum atomic E-state index is 13.9. The predicted octanol–water partition coefficient (Wildman–Crippen LogP) is 4.61. The summed E-state index contributed by atoms with van der Waals surface area (Å²) in [6.45, 7) is 4.19. The Kier molecular flexibility index (Phi) is 3.25. The van der Waals surface area contributed by atoms with Crippen LogP contribution in [-0.4, -0.2) is 7.11 Å². The Morgan fingerprint density at radius 3 is 2.30 bits per heavy atom. The van der Waals surface area contributed by atoms with Crippen LogP contribution < -0.4 is 4.74 Å². The van der Waals surface area contributed by atoms with Crippen molar-refractivity contribution in [1.82, 2.24) is 0 Å². The second kappa shape index (κ2) is 4.93. The van der Waals surface area contributed by atoms with Gasteiger partial charge in [0.1, 0.15) is 11.6 Å². The lowest BCUT2D eigenvalue weighted by atomic mass is 9.90. The van der Waals surface area contributed by atoms with Crippen molar-refractivity contribution in [3.63, 3.8) is 0 Å². The first kappa shape index (κ1) is 13.2. The summed E-state index contributed by atoms with van der Waals surface area (Å²) >= 11 is 0. The second-order valence-electron chi connectivity index (χ2n) is 5.54. The molecule has 0 aliphatic heterocycles. The number of halogens is 1. The number of benzene rings is 2. The monoisotopic (exact) mass is 270 g/mol. The van der Waals surface area contributed by atoms with Crippen molar-refractivity contribution in [3.05, 3.63) is 52.3 Å². The van der Waals surface area contributed by atoms with Crippen LogP contribution in [0.3, 0.4) is 0 Å². The van der Waals surface area contributed by atoms with Gasteiger partial charge in [0, 0.05) is 0 Å². The van der Waals surface area contributed by atoms with Crippen LogP contribution >= 0.6 is 0 Å². The Labute approximate surface area is 119 Å². The quantitative estimate of drug-likeness (QED) is 0.774. The molecule has 1 aliphatic rings. The molecule has 0 unspecified atom stereocenters. The van der Waals surface area contributed by atoms with Gasteiger partial charge in [-0.15, -0.1) is 0 Å². The molecule has 0 amide bonds. The summed E-state index contributed by atoms with van der Waals surface area (Å²) in [4.78, 5) is 0. The van der Waals surface area contributed by atoms with Crippen molar-refractivity contribution in [2.24, 2.45) is 0 Å². The van der Waals surface area contributed by atoms with Crippen LogP contribution in [0.1, 0.15) is 28.7 Å². The lowest BCUT2D eigenvalue weighted by molar-refractivity contribution is 0.414. The number of rotatable bonds is 2. The molecule has 0 bridgehead atoms. The van der Waals surface area contributed by atoms with Crippen LogP contribution in [0.25, 0.3) is 11.1 Å². The molecule has 104 valence electrons. The highest BCUT2D eigenvalue weighted by atomic mass is 19.1. The zero-order chi connectivity index (χ0) is 14.3. The van der Waals surface area contributed by atoms with Crippen LogP contribution in [0, 0.1) is 19.7 Å². The summed E-state index contributed by atoms with van der Waals surface area (Å²) in [6.07, 6.45) is 2.90. The van der Waals surface area contributed by atoms with Crippen molar-refractivity contribution in [2.75, 3.05) is 7.11 Å². The molecule has 1 nitrogen and oxygen atoms in total. The standard InChI is InChI=1S/C18H19FO/c1-11-9-13(20-3)10-12(2)18(11)16-7-8-17(19)15-6-4-5-14(15)16/h7-10H,4-6H2,1-3H3. The Morgan fingerprint density at radius 2 is 1.65 bits per heavy atom. The average molecular weight is 270 g/mol. The van der Waals surface area contributed by atoms with Gasteiger partial charge < -0.3 is 4.74 Å². The minimum absolute atomic E-state index is 0.0509. The highest BCUT2D eigenvalue weighted by Gasteiger charge is 2.21. The Bertz CT molecular complexity index is 650. The van der Waals surface area contributed by atoms with Crippen molar-refractivity contribution in [2.45, 2.75) is 33.1 Å². The first-order valence-electron chi connectivity index (χ1n) is 7.07. The van der Waals surface area contributed by atoms with Gasteiger partial charge in [-0.05, 0) is 84.7 Å². The van der Waals surface area contributed by atoms with Crippen LogP contribution in [0.5, 0.6) is 5.75 Å². The highest BCUT2D eigenvalue weighted by molar-refractivity contribution is 5.76. The lowest BCUT2D eigenvalue weighted by Crippen LogP contribution is -1.97. The van der Waals surface area contributed by atoms with Crippen LogP contribution in [0.4, 0.5) is 4.39 Å². The van der Waals surface area contributed by atoms with Gasteiger partial charge >= 0.3 is 0 Å². The normalized spacial score (nSPS) is 13.4. The molecule has 0 atom stereocenters. The molecule has 2 aromatic carbocycles. The molecule has 0 aromatic heterocycles. The summed E-state index contributed by atoms with van der Waals surface area (Å²) in [7, 11) is 1.68. The van der Waals surface area contributed by atoms with Gasteiger partial charge in [0.15, 0.2) is 0 Å². The molecule has 0 spiro atoms. The van der Waals surface area contributed by atoms with Crippen molar-refractivity contribution in [3.8, 4) is 16.9 Å². The summed E-state index contributed by atoms with van der Waals surface area (Å²) in [5, 5.41) is 0. The average Bonchev–Trinajstić information content (AvgIpc) is 2.90. The summed E-state index contributed by atoms with van der Waals surface area (Å²) < 4.78 is 19.2. The van der Waals surface area contributed by atoms with E-state index in [-0.39, 0.29) is 5.82 Å². The molecule has 20 heavy (non-hydrogen) atoms. The van der Waals surface area contributed by atoms with E-state index < -0.39 is 0 Å². The van der Waals surface area contributed by atoms with E-state index in [1.54, 1.807) is 13.2 Å². The molecule has 2 heteroatoms. The van der Waals surface area contributed by atoms with E-state index in [1.807, 2.05) is 18.2 Å². The third-order valence-corrected chi connectivity index (χ3v) is 4.24. The predicted molar refractivity (Wildman–Crippen MR) is 79.9 cm³/mol. The number of methoxy groups -OCH3 is 1. The van der Waals surface area contributed by atoms with Gasteiger partial charge in [-0.2, -0.15) is 0 Å².